The highest BCUT2D eigenvalue weighted by Crippen LogP contribution is 2.11. The van der Waals surface area contributed by atoms with Crippen LogP contribution in [0.25, 0.3) is 5.69 Å². The lowest BCUT2D eigenvalue weighted by Crippen LogP contribution is -2.09. The van der Waals surface area contributed by atoms with E-state index in [1.807, 2.05) is 0 Å². The minimum absolute atomic E-state index is 0.0716. The number of aromatic nitrogens is 4. The molecule has 98 valence electrons. The first kappa shape index (κ1) is 12.7. The van der Waals surface area contributed by atoms with Gasteiger partial charge in [-0.25, -0.2) is 0 Å². The molecule has 19 heavy (non-hydrogen) atoms. The van der Waals surface area contributed by atoms with Gasteiger partial charge >= 0.3 is 11.9 Å². The number of tetrazole rings is 1. The molecule has 2 aromatic rings. The van der Waals surface area contributed by atoms with E-state index in [0.717, 1.165) is 0 Å². The van der Waals surface area contributed by atoms with Gasteiger partial charge in [-0.2, -0.15) is 4.68 Å². The Morgan fingerprint density at radius 1 is 1.05 bits per heavy atom. The molecule has 0 fully saturated rings. The molecule has 0 saturated carbocycles. The second kappa shape index (κ2) is 5.25. The van der Waals surface area contributed by atoms with Gasteiger partial charge in [-0.05, 0) is 28.1 Å². The van der Waals surface area contributed by atoms with Gasteiger partial charge in [-0.15, -0.1) is 5.10 Å². The first-order valence-electron chi connectivity index (χ1n) is 5.36. The Labute approximate surface area is 107 Å². The normalized spacial score (nSPS) is 10.3. The highest BCUT2D eigenvalue weighted by atomic mass is 16.4. The zero-order chi connectivity index (χ0) is 13.8. The third kappa shape index (κ3) is 3.12. The Morgan fingerprint density at radius 3 is 2.26 bits per heavy atom. The van der Waals surface area contributed by atoms with E-state index in [1.54, 1.807) is 24.3 Å². The summed E-state index contributed by atoms with van der Waals surface area (Å²) in [6.07, 6.45) is -0.359. The molecule has 1 aromatic heterocycles. The molecule has 0 unspecified atom stereocenters. The molecule has 0 radical (unpaired) electrons. The molecule has 0 aliphatic carbocycles. The topological polar surface area (TPSA) is 118 Å². The van der Waals surface area contributed by atoms with Crippen molar-refractivity contribution in [1.29, 1.82) is 0 Å². The van der Waals surface area contributed by atoms with Gasteiger partial charge in [0.15, 0.2) is 5.82 Å². The summed E-state index contributed by atoms with van der Waals surface area (Å²) in [7, 11) is 0. The molecule has 0 spiro atoms. The molecule has 0 amide bonds. The number of aliphatic carboxylic acids is 2. The van der Waals surface area contributed by atoms with E-state index in [2.05, 4.69) is 15.5 Å². The van der Waals surface area contributed by atoms with E-state index in [-0.39, 0.29) is 18.7 Å². The number of hydrogen-bond donors (Lipinski definition) is 2. The standard InChI is InChI=1S/C11H10N4O4/c16-10(17)5-7-1-3-8(4-2-7)15-9(6-11(18)19)12-13-14-15/h1-4H,5-6H2,(H,16,17)(H,18,19). The van der Waals surface area contributed by atoms with Crippen molar-refractivity contribution in [3.63, 3.8) is 0 Å². The molecule has 2 rings (SSSR count). The van der Waals surface area contributed by atoms with E-state index in [4.69, 9.17) is 10.2 Å². The summed E-state index contributed by atoms with van der Waals surface area (Å²) in [5.74, 6) is -1.74. The first-order chi connectivity index (χ1) is 9.06. The van der Waals surface area contributed by atoms with Crippen molar-refractivity contribution in [2.75, 3.05) is 0 Å². The maximum absolute atomic E-state index is 10.7. The number of benzene rings is 1. The fraction of sp³-hybridized carbons (Fsp3) is 0.182. The number of carboxylic acid groups (broad SMARTS) is 2. The van der Waals surface area contributed by atoms with Crippen LogP contribution in [0.15, 0.2) is 24.3 Å². The highest BCUT2D eigenvalue weighted by Gasteiger charge is 2.12. The van der Waals surface area contributed by atoms with Gasteiger partial charge < -0.3 is 10.2 Å². The lowest BCUT2D eigenvalue weighted by molar-refractivity contribution is -0.137. The smallest absolute Gasteiger partial charge is 0.311 e. The number of nitrogens with zero attached hydrogens (tertiary/aromatic N) is 4. The van der Waals surface area contributed by atoms with Crippen LogP contribution in [0.4, 0.5) is 0 Å². The Bertz CT molecular complexity index is 605. The van der Waals surface area contributed by atoms with E-state index in [0.29, 0.717) is 11.3 Å². The molecule has 8 heteroatoms. The summed E-state index contributed by atoms with van der Waals surface area (Å²) in [6.45, 7) is 0. The molecular weight excluding hydrogens is 252 g/mol. The van der Waals surface area contributed by atoms with Crippen molar-refractivity contribution in [3.8, 4) is 5.69 Å². The third-order valence-corrected chi connectivity index (χ3v) is 2.38. The van der Waals surface area contributed by atoms with Crippen LogP contribution in [0.2, 0.25) is 0 Å². The maximum atomic E-state index is 10.7. The summed E-state index contributed by atoms with van der Waals surface area (Å²) in [4.78, 5) is 21.2. The van der Waals surface area contributed by atoms with Gasteiger partial charge in [0.1, 0.15) is 6.42 Å². The SMILES string of the molecule is O=C(O)Cc1ccc(-n2nnnc2CC(=O)O)cc1. The number of hydrogen-bond acceptors (Lipinski definition) is 5. The van der Waals surface area contributed by atoms with Crippen LogP contribution in [-0.4, -0.2) is 42.4 Å². The summed E-state index contributed by atoms with van der Waals surface area (Å²) in [6, 6.07) is 6.55. The Kier molecular flexibility index (Phi) is 3.51. The monoisotopic (exact) mass is 262 g/mol. The van der Waals surface area contributed by atoms with Crippen LogP contribution in [0.3, 0.4) is 0 Å². The summed E-state index contributed by atoms with van der Waals surface area (Å²) in [5, 5.41) is 28.2. The molecule has 1 aromatic carbocycles. The largest absolute Gasteiger partial charge is 0.481 e. The Morgan fingerprint density at radius 2 is 1.68 bits per heavy atom. The van der Waals surface area contributed by atoms with E-state index in [1.165, 1.54) is 4.68 Å². The van der Waals surface area contributed by atoms with Gasteiger partial charge in [0.2, 0.25) is 0 Å². The Hall–Kier alpha value is -2.77. The Balaban J connectivity index is 2.25. The third-order valence-electron chi connectivity index (χ3n) is 2.38. The van der Waals surface area contributed by atoms with Crippen LogP contribution in [-0.2, 0) is 22.4 Å². The van der Waals surface area contributed by atoms with E-state index in [9.17, 15) is 9.59 Å². The maximum Gasteiger partial charge on any atom is 0.311 e. The quantitative estimate of drug-likeness (QED) is 0.773. The molecule has 8 nitrogen and oxygen atoms in total. The zero-order valence-electron chi connectivity index (χ0n) is 9.72. The van der Waals surface area contributed by atoms with Crippen LogP contribution < -0.4 is 0 Å². The average Bonchev–Trinajstić information content (AvgIpc) is 2.76. The number of rotatable bonds is 5. The number of carboxylic acids is 2. The number of carbonyl (C=O) groups is 2. The molecule has 0 atom stereocenters. The summed E-state index contributed by atoms with van der Waals surface area (Å²) < 4.78 is 1.30. The lowest BCUT2D eigenvalue weighted by atomic mass is 10.1. The average molecular weight is 262 g/mol. The minimum Gasteiger partial charge on any atom is -0.481 e. The minimum atomic E-state index is -1.03. The predicted molar refractivity (Wildman–Crippen MR) is 61.8 cm³/mol. The molecule has 1 heterocycles. The lowest BCUT2D eigenvalue weighted by Gasteiger charge is -2.04. The van der Waals surface area contributed by atoms with Gasteiger partial charge in [-0.3, -0.25) is 9.59 Å². The molecule has 0 bridgehead atoms. The fourth-order valence-electron chi connectivity index (χ4n) is 1.58. The molecule has 0 aliphatic heterocycles. The van der Waals surface area contributed by atoms with E-state index >= 15 is 0 Å². The summed E-state index contributed by atoms with van der Waals surface area (Å²) in [5.41, 5.74) is 1.22. The highest BCUT2D eigenvalue weighted by molar-refractivity contribution is 5.70. The fourth-order valence-corrected chi connectivity index (χ4v) is 1.58. The molecule has 2 N–H and O–H groups in total. The van der Waals surface area contributed by atoms with E-state index < -0.39 is 11.9 Å². The van der Waals surface area contributed by atoms with Crippen molar-refractivity contribution in [2.45, 2.75) is 12.8 Å². The molecular formula is C11H10N4O4. The van der Waals surface area contributed by atoms with Gasteiger partial charge in [0.05, 0.1) is 12.1 Å². The van der Waals surface area contributed by atoms with Crippen molar-refractivity contribution in [1.82, 2.24) is 20.2 Å². The molecule has 0 aliphatic rings. The van der Waals surface area contributed by atoms with Gasteiger partial charge in [0, 0.05) is 0 Å². The van der Waals surface area contributed by atoms with Crippen LogP contribution in [0.1, 0.15) is 11.4 Å². The van der Waals surface area contributed by atoms with Crippen molar-refractivity contribution in [2.24, 2.45) is 0 Å². The summed E-state index contributed by atoms with van der Waals surface area (Å²) >= 11 is 0. The van der Waals surface area contributed by atoms with Crippen LogP contribution >= 0.6 is 0 Å². The predicted octanol–water partition coefficient (Wildman–Crippen LogP) is -0.0835. The van der Waals surface area contributed by atoms with Crippen molar-refractivity contribution >= 4 is 11.9 Å². The van der Waals surface area contributed by atoms with Crippen molar-refractivity contribution in [3.05, 3.63) is 35.7 Å². The molecule has 0 saturated heterocycles. The van der Waals surface area contributed by atoms with Gasteiger partial charge in [0.25, 0.3) is 0 Å². The van der Waals surface area contributed by atoms with Crippen LogP contribution in [0, 0.1) is 0 Å². The second-order valence-electron chi connectivity index (χ2n) is 3.81. The zero-order valence-corrected chi connectivity index (χ0v) is 9.72. The first-order valence-corrected chi connectivity index (χ1v) is 5.36. The van der Waals surface area contributed by atoms with Crippen LogP contribution in [0.5, 0.6) is 0 Å². The second-order valence-corrected chi connectivity index (χ2v) is 3.81. The van der Waals surface area contributed by atoms with Crippen molar-refractivity contribution < 1.29 is 19.8 Å². The van der Waals surface area contributed by atoms with Gasteiger partial charge in [-0.1, -0.05) is 12.1 Å².